The Bertz CT molecular complexity index is 475. The number of carbonyl (C=O) groups excluding carboxylic acids is 1. The number of hydrogen-bond acceptors (Lipinski definition) is 3. The van der Waals surface area contributed by atoms with Gasteiger partial charge in [0.2, 0.25) is 5.91 Å². The molecule has 0 aliphatic heterocycles. The lowest BCUT2D eigenvalue weighted by molar-refractivity contribution is -0.113. The predicted molar refractivity (Wildman–Crippen MR) is 81.6 cm³/mol. The van der Waals surface area contributed by atoms with Gasteiger partial charge in [-0.05, 0) is 30.5 Å². The van der Waals surface area contributed by atoms with Crippen LogP contribution in [0.4, 0.5) is 11.4 Å². The fraction of sp³-hybridized carbons (Fsp3) is 0.500. The second kappa shape index (κ2) is 7.28. The van der Waals surface area contributed by atoms with Crippen molar-refractivity contribution >= 4 is 28.1 Å². The third-order valence-corrected chi connectivity index (χ3v) is 4.63. The summed E-state index contributed by atoms with van der Waals surface area (Å²) in [6.07, 6.45) is 0.974. The Morgan fingerprint density at radius 3 is 2.79 bits per heavy atom. The zero-order valence-corrected chi connectivity index (χ0v) is 12.5. The van der Waals surface area contributed by atoms with Crippen LogP contribution in [0.25, 0.3) is 0 Å². The molecule has 1 aromatic rings. The summed E-state index contributed by atoms with van der Waals surface area (Å²) in [5.74, 6) is 0.761. The highest BCUT2D eigenvalue weighted by Gasteiger charge is 2.12. The number of hydrogen-bond donors (Lipinski definition) is 2. The molecule has 0 fully saturated rings. The van der Waals surface area contributed by atoms with Crippen molar-refractivity contribution in [2.75, 3.05) is 22.6 Å². The van der Waals surface area contributed by atoms with Crippen molar-refractivity contribution in [1.29, 1.82) is 0 Å². The van der Waals surface area contributed by atoms with Gasteiger partial charge in [0.15, 0.2) is 0 Å². The Kier molecular flexibility index (Phi) is 6.02. The van der Waals surface area contributed by atoms with Crippen LogP contribution in [0.5, 0.6) is 0 Å². The molecule has 0 heterocycles. The molecule has 0 spiro atoms. The highest BCUT2D eigenvalue weighted by Crippen LogP contribution is 2.20. The quantitative estimate of drug-likeness (QED) is 0.786. The molecule has 0 saturated heterocycles. The molecule has 4 nitrogen and oxygen atoms in total. The number of nitrogen functional groups attached to an aromatic ring is 1. The molecule has 0 bridgehead atoms. The first-order valence-electron chi connectivity index (χ1n) is 6.44. The zero-order valence-electron chi connectivity index (χ0n) is 11.7. The smallest absolute Gasteiger partial charge is 0.236 e. The topological polar surface area (TPSA) is 72.2 Å². The van der Waals surface area contributed by atoms with E-state index in [1.807, 2.05) is 13.8 Å². The van der Waals surface area contributed by atoms with E-state index < -0.39 is 10.8 Å². The van der Waals surface area contributed by atoms with Crippen LogP contribution < -0.4 is 11.1 Å². The molecule has 0 saturated carbocycles. The summed E-state index contributed by atoms with van der Waals surface area (Å²) in [5.41, 5.74) is 7.93. The third kappa shape index (κ3) is 5.03. The minimum Gasteiger partial charge on any atom is -0.398 e. The standard InChI is InChI=1S/C14H22N2O2S/c1-4-10(2)8-19(18)9-14(17)16-13-7-5-6-12(15)11(13)3/h5-7,10H,4,8-9,15H2,1-3H3,(H,16,17). The molecule has 19 heavy (non-hydrogen) atoms. The van der Waals surface area contributed by atoms with Gasteiger partial charge in [-0.1, -0.05) is 26.3 Å². The van der Waals surface area contributed by atoms with Crippen LogP contribution >= 0.6 is 0 Å². The molecule has 106 valence electrons. The van der Waals surface area contributed by atoms with Crippen LogP contribution in [-0.2, 0) is 15.6 Å². The largest absolute Gasteiger partial charge is 0.398 e. The second-order valence-electron chi connectivity index (χ2n) is 4.83. The van der Waals surface area contributed by atoms with Gasteiger partial charge in [-0.2, -0.15) is 0 Å². The molecule has 1 rings (SSSR count). The highest BCUT2D eigenvalue weighted by molar-refractivity contribution is 7.85. The van der Waals surface area contributed by atoms with E-state index in [1.54, 1.807) is 18.2 Å². The Morgan fingerprint density at radius 2 is 2.16 bits per heavy atom. The van der Waals surface area contributed by atoms with Gasteiger partial charge in [-0.15, -0.1) is 0 Å². The molecule has 0 radical (unpaired) electrons. The molecule has 0 aliphatic rings. The number of carbonyl (C=O) groups is 1. The summed E-state index contributed by atoms with van der Waals surface area (Å²) < 4.78 is 11.8. The number of amides is 1. The normalized spacial score (nSPS) is 13.8. The molecule has 2 unspecified atom stereocenters. The number of benzene rings is 1. The third-order valence-electron chi connectivity index (χ3n) is 3.11. The SMILES string of the molecule is CCC(C)CS(=O)CC(=O)Nc1cccc(N)c1C. The Hall–Kier alpha value is -1.36. The van der Waals surface area contributed by atoms with Crippen molar-refractivity contribution in [1.82, 2.24) is 0 Å². The Labute approximate surface area is 117 Å². The van der Waals surface area contributed by atoms with Crippen molar-refractivity contribution in [3.8, 4) is 0 Å². The lowest BCUT2D eigenvalue weighted by Gasteiger charge is -2.11. The summed E-state index contributed by atoms with van der Waals surface area (Å²) in [6, 6.07) is 5.36. The molecular formula is C14H22N2O2S. The van der Waals surface area contributed by atoms with E-state index >= 15 is 0 Å². The zero-order chi connectivity index (χ0) is 14.4. The maximum absolute atomic E-state index is 11.8. The maximum atomic E-state index is 11.8. The van der Waals surface area contributed by atoms with Crippen LogP contribution in [0, 0.1) is 12.8 Å². The summed E-state index contributed by atoms with van der Waals surface area (Å²) in [5, 5.41) is 2.76. The van der Waals surface area contributed by atoms with E-state index in [1.165, 1.54) is 0 Å². The van der Waals surface area contributed by atoms with E-state index in [2.05, 4.69) is 12.2 Å². The minimum absolute atomic E-state index is 0.0403. The van der Waals surface area contributed by atoms with E-state index in [4.69, 9.17) is 5.73 Å². The van der Waals surface area contributed by atoms with Crippen molar-refractivity contribution in [2.45, 2.75) is 27.2 Å². The van der Waals surface area contributed by atoms with Crippen LogP contribution in [0.15, 0.2) is 18.2 Å². The second-order valence-corrected chi connectivity index (χ2v) is 6.33. The lowest BCUT2D eigenvalue weighted by Crippen LogP contribution is -2.23. The fourth-order valence-corrected chi connectivity index (χ4v) is 2.97. The minimum atomic E-state index is -1.11. The summed E-state index contributed by atoms with van der Waals surface area (Å²) >= 11 is 0. The van der Waals surface area contributed by atoms with Crippen LogP contribution in [0.1, 0.15) is 25.8 Å². The first kappa shape index (κ1) is 15.7. The van der Waals surface area contributed by atoms with Gasteiger partial charge < -0.3 is 11.1 Å². The van der Waals surface area contributed by atoms with E-state index in [0.717, 1.165) is 12.0 Å². The monoisotopic (exact) mass is 282 g/mol. The van der Waals surface area contributed by atoms with Crippen LogP contribution in [0.2, 0.25) is 0 Å². The maximum Gasteiger partial charge on any atom is 0.236 e. The van der Waals surface area contributed by atoms with Gasteiger partial charge in [0.25, 0.3) is 0 Å². The van der Waals surface area contributed by atoms with Crippen LogP contribution in [0.3, 0.4) is 0 Å². The number of nitrogens with two attached hydrogens (primary N) is 1. The molecule has 2 atom stereocenters. The van der Waals surface area contributed by atoms with Gasteiger partial charge in [0.1, 0.15) is 5.75 Å². The van der Waals surface area contributed by atoms with Crippen molar-refractivity contribution in [2.24, 2.45) is 5.92 Å². The lowest BCUT2D eigenvalue weighted by atomic mass is 10.1. The molecule has 5 heteroatoms. The number of anilines is 2. The molecule has 0 aliphatic carbocycles. The highest BCUT2D eigenvalue weighted by atomic mass is 32.2. The molecule has 1 aromatic carbocycles. The summed E-state index contributed by atoms with van der Waals surface area (Å²) in [4.78, 5) is 11.8. The van der Waals surface area contributed by atoms with E-state index in [-0.39, 0.29) is 11.7 Å². The fourth-order valence-electron chi connectivity index (χ4n) is 1.62. The van der Waals surface area contributed by atoms with Crippen molar-refractivity contribution in [3.63, 3.8) is 0 Å². The van der Waals surface area contributed by atoms with Gasteiger partial charge in [0, 0.05) is 27.9 Å². The summed E-state index contributed by atoms with van der Waals surface area (Å²) in [6.45, 7) is 5.94. The predicted octanol–water partition coefficient (Wildman–Crippen LogP) is 2.31. The average Bonchev–Trinajstić information content (AvgIpc) is 2.34. The molecule has 1 amide bonds. The van der Waals surface area contributed by atoms with Gasteiger partial charge in [-0.3, -0.25) is 9.00 Å². The average molecular weight is 282 g/mol. The number of rotatable bonds is 6. The van der Waals surface area contributed by atoms with Gasteiger partial charge in [0.05, 0.1) is 0 Å². The van der Waals surface area contributed by atoms with E-state index in [0.29, 0.717) is 23.0 Å². The molecule has 3 N–H and O–H groups in total. The van der Waals surface area contributed by atoms with Crippen LogP contribution in [-0.4, -0.2) is 21.6 Å². The molecular weight excluding hydrogens is 260 g/mol. The Balaban J connectivity index is 2.56. The summed E-state index contributed by atoms with van der Waals surface area (Å²) in [7, 11) is -1.11. The van der Waals surface area contributed by atoms with Crippen molar-refractivity contribution in [3.05, 3.63) is 23.8 Å². The first-order chi connectivity index (χ1) is 8.93. The Morgan fingerprint density at radius 1 is 1.47 bits per heavy atom. The van der Waals surface area contributed by atoms with Crippen molar-refractivity contribution < 1.29 is 9.00 Å². The first-order valence-corrected chi connectivity index (χ1v) is 7.92. The number of nitrogens with one attached hydrogen (secondary N) is 1. The van der Waals surface area contributed by atoms with E-state index in [9.17, 15) is 9.00 Å². The van der Waals surface area contributed by atoms with Gasteiger partial charge in [-0.25, -0.2) is 0 Å². The molecule has 0 aromatic heterocycles. The van der Waals surface area contributed by atoms with Gasteiger partial charge >= 0.3 is 0 Å².